The molecule has 4 aromatic rings. The Hall–Kier alpha value is -3.60. The lowest BCUT2D eigenvalue weighted by Crippen LogP contribution is -2.20. The number of fused-ring (bicyclic) bond motifs is 1. The summed E-state index contributed by atoms with van der Waals surface area (Å²) in [5, 5.41) is 4.90. The molecule has 0 spiro atoms. The van der Waals surface area contributed by atoms with Gasteiger partial charge in [-0.2, -0.15) is 9.78 Å². The van der Waals surface area contributed by atoms with Crippen LogP contribution in [0.4, 0.5) is 4.39 Å². The lowest BCUT2D eigenvalue weighted by Gasteiger charge is -2.09. The highest BCUT2D eigenvalue weighted by Crippen LogP contribution is 2.19. The zero-order valence-electron chi connectivity index (χ0n) is 15.6. The maximum Gasteiger partial charge on any atom is 0.282 e. The first-order chi connectivity index (χ1) is 13.5. The van der Waals surface area contributed by atoms with Gasteiger partial charge >= 0.3 is 0 Å². The van der Waals surface area contributed by atoms with E-state index in [1.807, 2.05) is 38.1 Å². The third-order valence-corrected chi connectivity index (χ3v) is 4.71. The minimum absolute atomic E-state index is 0.273. The predicted molar refractivity (Wildman–Crippen MR) is 110 cm³/mol. The van der Waals surface area contributed by atoms with Crippen molar-refractivity contribution in [3.05, 3.63) is 99.6 Å². The third kappa shape index (κ3) is 3.34. The van der Waals surface area contributed by atoms with Crippen LogP contribution in [0.25, 0.3) is 22.3 Å². The first-order valence-electron chi connectivity index (χ1n) is 8.92. The fourth-order valence-corrected chi connectivity index (χ4v) is 2.99. The number of halogens is 1. The summed E-state index contributed by atoms with van der Waals surface area (Å²) in [6, 6.07) is 19.0. The number of aryl methyl sites for hydroxylation is 2. The van der Waals surface area contributed by atoms with Gasteiger partial charge in [0.1, 0.15) is 5.82 Å². The van der Waals surface area contributed by atoms with Gasteiger partial charge in [-0.05, 0) is 66.9 Å². The second-order valence-electron chi connectivity index (χ2n) is 6.66. The first-order valence-corrected chi connectivity index (χ1v) is 8.92. The molecule has 0 radical (unpaired) electrons. The molecule has 0 aliphatic carbocycles. The maximum absolute atomic E-state index is 13.4. The van der Waals surface area contributed by atoms with Gasteiger partial charge in [0, 0.05) is 5.56 Å². The molecule has 1 heterocycles. The SMILES string of the molecule is Cc1ccc(C=Nn2c(-c3ccc(F)cc3)nc3ccccc3c2=O)cc1C. The molecule has 5 heteroatoms. The van der Waals surface area contributed by atoms with E-state index in [0.717, 1.165) is 11.1 Å². The summed E-state index contributed by atoms with van der Waals surface area (Å²) in [6.45, 7) is 4.07. The molecule has 0 saturated carbocycles. The van der Waals surface area contributed by atoms with Crippen LogP contribution in [0.1, 0.15) is 16.7 Å². The van der Waals surface area contributed by atoms with Crippen molar-refractivity contribution >= 4 is 17.1 Å². The number of benzene rings is 3. The van der Waals surface area contributed by atoms with Gasteiger partial charge in [0.25, 0.3) is 5.56 Å². The Balaban J connectivity index is 1.92. The number of hydrogen-bond acceptors (Lipinski definition) is 3. The zero-order chi connectivity index (χ0) is 19.7. The Bertz CT molecular complexity index is 1260. The van der Waals surface area contributed by atoms with E-state index in [0.29, 0.717) is 22.3 Å². The molecule has 4 rings (SSSR count). The topological polar surface area (TPSA) is 47.2 Å². The molecule has 0 bridgehead atoms. The van der Waals surface area contributed by atoms with E-state index in [9.17, 15) is 9.18 Å². The second-order valence-corrected chi connectivity index (χ2v) is 6.66. The highest BCUT2D eigenvalue weighted by Gasteiger charge is 2.12. The molecule has 0 N–H and O–H groups in total. The van der Waals surface area contributed by atoms with Crippen LogP contribution in [0.15, 0.2) is 76.6 Å². The zero-order valence-corrected chi connectivity index (χ0v) is 15.6. The van der Waals surface area contributed by atoms with Crippen molar-refractivity contribution in [2.45, 2.75) is 13.8 Å². The van der Waals surface area contributed by atoms with Gasteiger partial charge in [0.15, 0.2) is 5.82 Å². The van der Waals surface area contributed by atoms with E-state index in [1.165, 1.54) is 22.4 Å². The van der Waals surface area contributed by atoms with E-state index in [-0.39, 0.29) is 11.4 Å². The molecular formula is C23H18FN3O. The van der Waals surface area contributed by atoms with Crippen LogP contribution in [0.3, 0.4) is 0 Å². The molecule has 0 amide bonds. The number of rotatable bonds is 3. The number of para-hydroxylation sites is 1. The summed E-state index contributed by atoms with van der Waals surface area (Å²) in [5.74, 6) is 0.0147. The molecule has 4 nitrogen and oxygen atoms in total. The fourth-order valence-electron chi connectivity index (χ4n) is 2.99. The van der Waals surface area contributed by atoms with Crippen molar-refractivity contribution in [2.75, 3.05) is 0 Å². The van der Waals surface area contributed by atoms with Gasteiger partial charge in [0.2, 0.25) is 0 Å². The largest absolute Gasteiger partial charge is 0.282 e. The Morgan fingerprint density at radius 2 is 1.71 bits per heavy atom. The van der Waals surface area contributed by atoms with Crippen LogP contribution in [-0.4, -0.2) is 15.9 Å². The molecule has 1 aromatic heterocycles. The quantitative estimate of drug-likeness (QED) is 0.490. The van der Waals surface area contributed by atoms with Crippen molar-refractivity contribution in [2.24, 2.45) is 5.10 Å². The van der Waals surface area contributed by atoms with Crippen molar-refractivity contribution in [1.82, 2.24) is 9.66 Å². The monoisotopic (exact) mass is 371 g/mol. The summed E-state index contributed by atoms with van der Waals surface area (Å²) < 4.78 is 14.6. The molecule has 0 atom stereocenters. The van der Waals surface area contributed by atoms with Crippen LogP contribution in [-0.2, 0) is 0 Å². The molecule has 0 unspecified atom stereocenters. The van der Waals surface area contributed by atoms with Crippen LogP contribution in [0.2, 0.25) is 0 Å². The Labute approximate surface area is 161 Å². The van der Waals surface area contributed by atoms with Gasteiger partial charge in [-0.25, -0.2) is 9.37 Å². The molecule has 0 aliphatic heterocycles. The van der Waals surface area contributed by atoms with Crippen molar-refractivity contribution in [3.63, 3.8) is 0 Å². The van der Waals surface area contributed by atoms with Crippen molar-refractivity contribution in [3.8, 4) is 11.4 Å². The second kappa shape index (κ2) is 7.19. The Morgan fingerprint density at radius 3 is 2.46 bits per heavy atom. The summed E-state index contributed by atoms with van der Waals surface area (Å²) >= 11 is 0. The number of aromatic nitrogens is 2. The van der Waals surface area contributed by atoms with Crippen LogP contribution in [0, 0.1) is 19.7 Å². The van der Waals surface area contributed by atoms with Crippen molar-refractivity contribution in [1.29, 1.82) is 0 Å². The smallest absolute Gasteiger partial charge is 0.267 e. The van der Waals surface area contributed by atoms with Crippen LogP contribution < -0.4 is 5.56 Å². The summed E-state index contributed by atoms with van der Waals surface area (Å²) in [5.41, 5.74) is 4.13. The standard InChI is InChI=1S/C23H18FN3O/c1-15-7-8-17(13-16(15)2)14-25-27-22(18-9-11-19(24)12-10-18)26-21-6-4-3-5-20(21)23(27)28/h3-14H,1-2H3. The van der Waals surface area contributed by atoms with E-state index < -0.39 is 0 Å². The van der Waals surface area contributed by atoms with Crippen LogP contribution in [0.5, 0.6) is 0 Å². The van der Waals surface area contributed by atoms with E-state index in [2.05, 4.69) is 10.1 Å². The molecular weight excluding hydrogens is 353 g/mol. The minimum Gasteiger partial charge on any atom is -0.267 e. The minimum atomic E-state index is -0.350. The summed E-state index contributed by atoms with van der Waals surface area (Å²) in [7, 11) is 0. The molecule has 28 heavy (non-hydrogen) atoms. The summed E-state index contributed by atoms with van der Waals surface area (Å²) in [4.78, 5) is 17.7. The highest BCUT2D eigenvalue weighted by molar-refractivity contribution is 5.82. The lowest BCUT2D eigenvalue weighted by atomic mass is 10.1. The van der Waals surface area contributed by atoms with Crippen molar-refractivity contribution < 1.29 is 4.39 Å². The number of nitrogens with zero attached hydrogens (tertiary/aromatic N) is 3. The first kappa shape index (κ1) is 17.8. The molecule has 3 aromatic carbocycles. The fraction of sp³-hybridized carbons (Fsp3) is 0.0870. The normalized spacial score (nSPS) is 11.4. The maximum atomic E-state index is 13.4. The average Bonchev–Trinajstić information content (AvgIpc) is 2.70. The van der Waals surface area contributed by atoms with E-state index in [1.54, 1.807) is 36.5 Å². The van der Waals surface area contributed by atoms with Gasteiger partial charge in [-0.3, -0.25) is 4.79 Å². The molecule has 0 aliphatic rings. The van der Waals surface area contributed by atoms with Gasteiger partial charge in [-0.15, -0.1) is 0 Å². The molecule has 0 fully saturated rings. The predicted octanol–water partition coefficient (Wildman–Crippen LogP) is 4.70. The number of hydrogen-bond donors (Lipinski definition) is 0. The van der Waals surface area contributed by atoms with Gasteiger partial charge < -0.3 is 0 Å². The van der Waals surface area contributed by atoms with Crippen LogP contribution >= 0.6 is 0 Å². The Morgan fingerprint density at radius 1 is 0.964 bits per heavy atom. The third-order valence-electron chi connectivity index (χ3n) is 4.71. The molecule has 138 valence electrons. The van der Waals surface area contributed by atoms with E-state index >= 15 is 0 Å². The highest BCUT2D eigenvalue weighted by atomic mass is 19.1. The molecule has 0 saturated heterocycles. The van der Waals surface area contributed by atoms with E-state index in [4.69, 9.17) is 0 Å². The lowest BCUT2D eigenvalue weighted by molar-refractivity contribution is 0.628. The Kier molecular flexibility index (Phi) is 4.57. The summed E-state index contributed by atoms with van der Waals surface area (Å²) in [6.07, 6.45) is 1.64. The van der Waals surface area contributed by atoms with Gasteiger partial charge in [0.05, 0.1) is 17.1 Å². The van der Waals surface area contributed by atoms with Gasteiger partial charge in [-0.1, -0.05) is 30.3 Å². The average molecular weight is 371 g/mol.